The molecule has 0 radical (unpaired) electrons. The lowest BCUT2D eigenvalue weighted by Crippen LogP contribution is -2.56. The Labute approximate surface area is 166 Å². The molecule has 1 N–H and O–H groups in total. The third-order valence-electron chi connectivity index (χ3n) is 5.34. The summed E-state index contributed by atoms with van der Waals surface area (Å²) in [6.07, 6.45) is 7.47. The van der Waals surface area contributed by atoms with Gasteiger partial charge >= 0.3 is 0 Å². The maximum absolute atomic E-state index is 12.8. The standard InChI is InChI=1S/C21H27N3O2S/c1-3-15(2)24-20(26)18(19(25)22-21(24)27)14-16-8-10-17(11-9-16)23-12-6-4-5-7-13-23/h8-11,14-15H,3-7,12-13H2,1-2H3,(H,22,25,27)/b18-14-. The Kier molecular flexibility index (Phi) is 6.26. The summed E-state index contributed by atoms with van der Waals surface area (Å²) in [4.78, 5) is 29.0. The minimum absolute atomic E-state index is 0.0561. The second-order valence-corrected chi connectivity index (χ2v) is 7.63. The second kappa shape index (κ2) is 8.65. The average Bonchev–Trinajstić information content (AvgIpc) is 2.94. The smallest absolute Gasteiger partial charge is 0.265 e. The molecule has 0 aliphatic carbocycles. The van der Waals surface area contributed by atoms with Crippen LogP contribution in [0.3, 0.4) is 0 Å². The first-order valence-corrected chi connectivity index (χ1v) is 10.2. The second-order valence-electron chi connectivity index (χ2n) is 7.24. The summed E-state index contributed by atoms with van der Waals surface area (Å²) in [5, 5.41) is 2.82. The number of nitrogens with zero attached hydrogens (tertiary/aromatic N) is 2. The van der Waals surface area contributed by atoms with Crippen molar-refractivity contribution in [1.82, 2.24) is 10.2 Å². The zero-order chi connectivity index (χ0) is 19.4. The number of benzene rings is 1. The SMILES string of the molecule is CCC(C)N1C(=O)/C(=C\c2ccc(N3CCCCCC3)cc2)C(=O)NC1=S. The van der Waals surface area contributed by atoms with Crippen molar-refractivity contribution >= 4 is 40.9 Å². The zero-order valence-corrected chi connectivity index (χ0v) is 16.8. The van der Waals surface area contributed by atoms with Gasteiger partial charge in [0.1, 0.15) is 5.57 Å². The molecule has 1 unspecified atom stereocenters. The van der Waals surface area contributed by atoms with Crippen LogP contribution in [0.1, 0.15) is 51.5 Å². The highest BCUT2D eigenvalue weighted by atomic mass is 32.1. The van der Waals surface area contributed by atoms with Gasteiger partial charge in [-0.25, -0.2) is 0 Å². The lowest BCUT2D eigenvalue weighted by molar-refractivity contribution is -0.130. The van der Waals surface area contributed by atoms with Gasteiger partial charge in [0.15, 0.2) is 5.11 Å². The molecular formula is C21H27N3O2S. The van der Waals surface area contributed by atoms with E-state index >= 15 is 0 Å². The Bertz CT molecular complexity index is 749. The molecule has 144 valence electrons. The number of amides is 2. The van der Waals surface area contributed by atoms with Crippen molar-refractivity contribution in [2.75, 3.05) is 18.0 Å². The van der Waals surface area contributed by atoms with E-state index < -0.39 is 5.91 Å². The predicted octanol–water partition coefficient (Wildman–Crippen LogP) is 3.49. The number of nitrogens with one attached hydrogen (secondary N) is 1. The quantitative estimate of drug-likeness (QED) is 0.490. The van der Waals surface area contributed by atoms with Crippen molar-refractivity contribution in [2.24, 2.45) is 0 Å². The Morgan fingerprint density at radius 3 is 2.33 bits per heavy atom. The molecule has 2 aliphatic heterocycles. The maximum atomic E-state index is 12.8. The van der Waals surface area contributed by atoms with E-state index in [0.29, 0.717) is 0 Å². The molecule has 2 saturated heterocycles. The molecule has 6 heteroatoms. The highest BCUT2D eigenvalue weighted by molar-refractivity contribution is 7.80. The van der Waals surface area contributed by atoms with Crippen LogP contribution in [0.15, 0.2) is 29.8 Å². The Morgan fingerprint density at radius 1 is 1.11 bits per heavy atom. The first kappa shape index (κ1) is 19.5. The largest absolute Gasteiger partial charge is 0.372 e. The minimum Gasteiger partial charge on any atom is -0.372 e. The molecule has 2 heterocycles. The number of rotatable bonds is 4. The molecule has 3 rings (SSSR count). The van der Waals surface area contributed by atoms with Crippen LogP contribution in [-0.2, 0) is 9.59 Å². The van der Waals surface area contributed by atoms with Gasteiger partial charge in [0, 0.05) is 24.8 Å². The van der Waals surface area contributed by atoms with Gasteiger partial charge in [0.25, 0.3) is 11.8 Å². The number of hydrogen-bond acceptors (Lipinski definition) is 4. The van der Waals surface area contributed by atoms with Crippen LogP contribution in [0, 0.1) is 0 Å². The summed E-state index contributed by atoms with van der Waals surface area (Å²) in [6, 6.07) is 8.02. The molecule has 0 aromatic heterocycles. The highest BCUT2D eigenvalue weighted by Gasteiger charge is 2.35. The summed E-state index contributed by atoms with van der Waals surface area (Å²) in [6.45, 7) is 6.09. The summed E-state index contributed by atoms with van der Waals surface area (Å²) < 4.78 is 0. The van der Waals surface area contributed by atoms with E-state index in [1.807, 2.05) is 26.0 Å². The van der Waals surface area contributed by atoms with Crippen LogP contribution >= 0.6 is 12.2 Å². The van der Waals surface area contributed by atoms with Crippen LogP contribution in [0.4, 0.5) is 5.69 Å². The predicted molar refractivity (Wildman–Crippen MR) is 112 cm³/mol. The van der Waals surface area contributed by atoms with Gasteiger partial charge in [0.2, 0.25) is 0 Å². The van der Waals surface area contributed by atoms with Gasteiger partial charge in [-0.2, -0.15) is 0 Å². The van der Waals surface area contributed by atoms with E-state index in [1.54, 1.807) is 6.08 Å². The van der Waals surface area contributed by atoms with Crippen molar-refractivity contribution in [3.05, 3.63) is 35.4 Å². The monoisotopic (exact) mass is 385 g/mol. The van der Waals surface area contributed by atoms with Gasteiger partial charge < -0.3 is 4.90 Å². The zero-order valence-electron chi connectivity index (χ0n) is 16.0. The van der Waals surface area contributed by atoms with Crippen LogP contribution in [-0.4, -0.2) is 41.0 Å². The third-order valence-corrected chi connectivity index (χ3v) is 5.64. The van der Waals surface area contributed by atoms with E-state index in [2.05, 4.69) is 22.3 Å². The van der Waals surface area contributed by atoms with Crippen LogP contribution in [0.2, 0.25) is 0 Å². The van der Waals surface area contributed by atoms with Crippen molar-refractivity contribution in [3.8, 4) is 0 Å². The average molecular weight is 386 g/mol. The molecule has 1 aromatic rings. The number of carbonyl (C=O) groups excluding carboxylic acids is 2. The molecule has 2 fully saturated rings. The van der Waals surface area contributed by atoms with E-state index in [1.165, 1.54) is 36.3 Å². The molecular weight excluding hydrogens is 358 g/mol. The molecule has 0 spiro atoms. The van der Waals surface area contributed by atoms with E-state index in [4.69, 9.17) is 12.2 Å². The van der Waals surface area contributed by atoms with Crippen molar-refractivity contribution < 1.29 is 9.59 Å². The number of carbonyl (C=O) groups is 2. The van der Waals surface area contributed by atoms with Gasteiger partial charge in [0.05, 0.1) is 0 Å². The molecule has 5 nitrogen and oxygen atoms in total. The Balaban J connectivity index is 1.81. The lowest BCUT2D eigenvalue weighted by Gasteiger charge is -2.33. The normalized spacial score (nSPS) is 21.3. The first-order chi connectivity index (χ1) is 13.0. The van der Waals surface area contributed by atoms with Crippen molar-refractivity contribution in [3.63, 3.8) is 0 Å². The van der Waals surface area contributed by atoms with Crippen LogP contribution < -0.4 is 10.2 Å². The summed E-state index contributed by atoms with van der Waals surface area (Å²) in [5.74, 6) is -0.754. The van der Waals surface area contributed by atoms with Gasteiger partial charge in [-0.1, -0.05) is 31.9 Å². The van der Waals surface area contributed by atoms with Crippen molar-refractivity contribution in [1.29, 1.82) is 0 Å². The summed E-state index contributed by atoms with van der Waals surface area (Å²) in [5.41, 5.74) is 2.16. The third kappa shape index (κ3) is 4.38. The fourth-order valence-corrected chi connectivity index (χ4v) is 3.89. The molecule has 2 amide bonds. The molecule has 1 aromatic carbocycles. The molecule has 0 bridgehead atoms. The topological polar surface area (TPSA) is 52.7 Å². The molecule has 0 saturated carbocycles. The fraction of sp³-hybridized carbons (Fsp3) is 0.476. The number of thiocarbonyl (C=S) groups is 1. The number of anilines is 1. The fourth-order valence-electron chi connectivity index (χ4n) is 3.53. The van der Waals surface area contributed by atoms with E-state index in [0.717, 1.165) is 25.1 Å². The number of hydrogen-bond donors (Lipinski definition) is 1. The van der Waals surface area contributed by atoms with Crippen LogP contribution in [0.5, 0.6) is 0 Å². The molecule has 2 aliphatic rings. The Hall–Kier alpha value is -2.21. The van der Waals surface area contributed by atoms with E-state index in [-0.39, 0.29) is 22.6 Å². The van der Waals surface area contributed by atoms with Crippen LogP contribution in [0.25, 0.3) is 6.08 Å². The van der Waals surface area contributed by atoms with Crippen molar-refractivity contribution in [2.45, 2.75) is 52.0 Å². The Morgan fingerprint density at radius 2 is 1.74 bits per heavy atom. The van der Waals surface area contributed by atoms with E-state index in [9.17, 15) is 9.59 Å². The first-order valence-electron chi connectivity index (χ1n) is 9.77. The maximum Gasteiger partial charge on any atom is 0.265 e. The molecule has 1 atom stereocenters. The van der Waals surface area contributed by atoms with Gasteiger partial charge in [-0.15, -0.1) is 0 Å². The van der Waals surface area contributed by atoms with Gasteiger partial charge in [-0.05, 0) is 62.2 Å². The summed E-state index contributed by atoms with van der Waals surface area (Å²) >= 11 is 5.18. The van der Waals surface area contributed by atoms with Gasteiger partial charge in [-0.3, -0.25) is 19.8 Å². The minimum atomic E-state index is -0.429. The molecule has 27 heavy (non-hydrogen) atoms. The highest BCUT2D eigenvalue weighted by Crippen LogP contribution is 2.22. The lowest BCUT2D eigenvalue weighted by atomic mass is 10.1. The summed E-state index contributed by atoms with van der Waals surface area (Å²) in [7, 11) is 0.